The van der Waals surface area contributed by atoms with Crippen LogP contribution in [0.2, 0.25) is 0 Å². The molecule has 0 N–H and O–H groups in total. The van der Waals surface area contributed by atoms with Gasteiger partial charge in [0.1, 0.15) is 0 Å². The van der Waals surface area contributed by atoms with E-state index < -0.39 is 0 Å². The fourth-order valence-corrected chi connectivity index (χ4v) is 5.08. The Morgan fingerprint density at radius 3 is 1.84 bits per heavy atom. The van der Waals surface area contributed by atoms with Crippen LogP contribution in [0.5, 0.6) is 0 Å². The maximum atomic E-state index is 13.2. The number of hydrogen-bond acceptors (Lipinski definition) is 3. The number of hydrogen-bond donors (Lipinski definition) is 0. The maximum absolute atomic E-state index is 13.2. The van der Waals surface area contributed by atoms with Crippen LogP contribution in [0.1, 0.15) is 55.3 Å². The molecule has 5 heteroatoms. The van der Waals surface area contributed by atoms with Crippen LogP contribution in [0.4, 0.5) is 0 Å². The average Bonchev–Trinajstić information content (AvgIpc) is 2.96. The number of piperazine rings is 1. The molecule has 0 aromatic heterocycles. The van der Waals surface area contributed by atoms with E-state index >= 15 is 0 Å². The van der Waals surface area contributed by atoms with Crippen molar-refractivity contribution >= 4 is 11.8 Å². The molecule has 4 rings (SSSR count). The summed E-state index contributed by atoms with van der Waals surface area (Å²) in [6.45, 7) is 6.17. The molecule has 0 saturated carbocycles. The fourth-order valence-electron chi connectivity index (χ4n) is 5.08. The molecule has 0 bridgehead atoms. The van der Waals surface area contributed by atoms with E-state index in [2.05, 4.69) is 72.5 Å². The summed E-state index contributed by atoms with van der Waals surface area (Å²) in [6, 6.07) is 31.4. The second kappa shape index (κ2) is 13.8. The summed E-state index contributed by atoms with van der Waals surface area (Å²) >= 11 is 0. The normalized spacial score (nSPS) is 14.1. The van der Waals surface area contributed by atoms with Crippen LogP contribution in [-0.2, 0) is 16.1 Å². The van der Waals surface area contributed by atoms with Crippen molar-refractivity contribution in [2.75, 3.05) is 32.7 Å². The maximum Gasteiger partial charge on any atom is 0.224 e. The zero-order chi connectivity index (χ0) is 25.9. The molecule has 0 unspecified atom stereocenters. The predicted molar refractivity (Wildman–Crippen MR) is 149 cm³/mol. The first kappa shape index (κ1) is 26.6. The Morgan fingerprint density at radius 2 is 1.30 bits per heavy atom. The first-order chi connectivity index (χ1) is 18.2. The van der Waals surface area contributed by atoms with Gasteiger partial charge in [0.15, 0.2) is 0 Å². The summed E-state index contributed by atoms with van der Waals surface area (Å²) in [4.78, 5) is 32.4. The van der Waals surface area contributed by atoms with Gasteiger partial charge in [0.25, 0.3) is 0 Å². The summed E-state index contributed by atoms with van der Waals surface area (Å²) in [5.74, 6) is 0.272. The van der Waals surface area contributed by atoms with Crippen LogP contribution >= 0.6 is 0 Å². The molecule has 37 heavy (non-hydrogen) atoms. The largest absolute Gasteiger partial charge is 0.340 e. The van der Waals surface area contributed by atoms with E-state index in [1.165, 1.54) is 11.1 Å². The van der Waals surface area contributed by atoms with Crippen LogP contribution < -0.4 is 0 Å². The minimum absolute atomic E-state index is 0.136. The quantitative estimate of drug-likeness (QED) is 0.350. The number of carbonyl (C=O) groups is 2. The van der Waals surface area contributed by atoms with Gasteiger partial charge in [0.05, 0.1) is 6.04 Å². The van der Waals surface area contributed by atoms with Crippen molar-refractivity contribution < 1.29 is 9.59 Å². The molecule has 1 aliphatic rings. The monoisotopic (exact) mass is 497 g/mol. The SMILES string of the molecule is CCCCC(=O)N(CCC(=O)N1CCN(C(c2ccccc2)c2ccccc2)CC1)Cc1ccccc1. The van der Waals surface area contributed by atoms with Gasteiger partial charge < -0.3 is 9.80 Å². The van der Waals surface area contributed by atoms with Crippen molar-refractivity contribution in [1.82, 2.24) is 14.7 Å². The van der Waals surface area contributed by atoms with Gasteiger partial charge >= 0.3 is 0 Å². The van der Waals surface area contributed by atoms with Crippen molar-refractivity contribution in [3.8, 4) is 0 Å². The van der Waals surface area contributed by atoms with Gasteiger partial charge in [-0.25, -0.2) is 0 Å². The highest BCUT2D eigenvalue weighted by atomic mass is 16.2. The lowest BCUT2D eigenvalue weighted by atomic mass is 9.96. The Kier molecular flexibility index (Phi) is 9.89. The van der Waals surface area contributed by atoms with Crippen LogP contribution in [0.3, 0.4) is 0 Å². The molecule has 194 valence electrons. The third-order valence-corrected chi connectivity index (χ3v) is 7.17. The second-order valence-electron chi connectivity index (χ2n) is 9.80. The van der Waals surface area contributed by atoms with Gasteiger partial charge in [-0.2, -0.15) is 0 Å². The third kappa shape index (κ3) is 7.53. The van der Waals surface area contributed by atoms with Crippen molar-refractivity contribution in [1.29, 1.82) is 0 Å². The highest BCUT2D eigenvalue weighted by molar-refractivity contribution is 5.79. The molecule has 0 radical (unpaired) electrons. The molecule has 0 aliphatic carbocycles. The van der Waals surface area contributed by atoms with Crippen LogP contribution in [-0.4, -0.2) is 59.2 Å². The Bertz CT molecular complexity index is 1060. The minimum Gasteiger partial charge on any atom is -0.340 e. The van der Waals surface area contributed by atoms with Gasteiger partial charge in [0, 0.05) is 52.1 Å². The molecule has 1 heterocycles. The van der Waals surface area contributed by atoms with Crippen molar-refractivity contribution in [2.24, 2.45) is 0 Å². The molecule has 1 saturated heterocycles. The molecule has 3 aromatic carbocycles. The molecule has 1 fully saturated rings. The molecule has 1 aliphatic heterocycles. The van der Waals surface area contributed by atoms with E-state index in [-0.39, 0.29) is 17.9 Å². The van der Waals surface area contributed by atoms with Crippen LogP contribution in [0, 0.1) is 0 Å². The molecule has 2 amide bonds. The number of nitrogens with zero attached hydrogens (tertiary/aromatic N) is 3. The molecule has 5 nitrogen and oxygen atoms in total. The second-order valence-corrected chi connectivity index (χ2v) is 9.80. The molecular weight excluding hydrogens is 458 g/mol. The number of carbonyl (C=O) groups excluding carboxylic acids is 2. The summed E-state index contributed by atoms with van der Waals surface area (Å²) in [5, 5.41) is 0. The van der Waals surface area contributed by atoms with E-state index in [0.717, 1.165) is 31.5 Å². The Labute approximate surface area is 221 Å². The number of amides is 2. The third-order valence-electron chi connectivity index (χ3n) is 7.17. The van der Waals surface area contributed by atoms with Gasteiger partial charge in [0.2, 0.25) is 11.8 Å². The van der Waals surface area contributed by atoms with Gasteiger partial charge in [-0.1, -0.05) is 104 Å². The molecular formula is C32H39N3O2. The summed E-state index contributed by atoms with van der Waals surface area (Å²) in [6.07, 6.45) is 2.77. The van der Waals surface area contributed by atoms with Crippen LogP contribution in [0.15, 0.2) is 91.0 Å². The lowest BCUT2D eigenvalue weighted by Gasteiger charge is -2.40. The summed E-state index contributed by atoms with van der Waals surface area (Å²) in [5.41, 5.74) is 3.65. The van der Waals surface area contributed by atoms with Gasteiger partial charge in [-0.05, 0) is 23.1 Å². The van der Waals surface area contributed by atoms with E-state index in [4.69, 9.17) is 0 Å². The van der Waals surface area contributed by atoms with E-state index in [9.17, 15) is 9.59 Å². The van der Waals surface area contributed by atoms with Gasteiger partial charge in [-0.15, -0.1) is 0 Å². The van der Waals surface area contributed by atoms with E-state index in [0.29, 0.717) is 39.0 Å². The molecule has 0 spiro atoms. The predicted octanol–water partition coefficient (Wildman–Crippen LogP) is 5.53. The number of unbranched alkanes of at least 4 members (excludes halogenated alkanes) is 1. The smallest absolute Gasteiger partial charge is 0.224 e. The fraction of sp³-hybridized carbons (Fsp3) is 0.375. The zero-order valence-electron chi connectivity index (χ0n) is 22.0. The van der Waals surface area contributed by atoms with E-state index in [1.54, 1.807) is 0 Å². The lowest BCUT2D eigenvalue weighted by molar-refractivity contribution is -0.136. The first-order valence-corrected chi connectivity index (χ1v) is 13.6. The van der Waals surface area contributed by atoms with Crippen LogP contribution in [0.25, 0.3) is 0 Å². The summed E-state index contributed by atoms with van der Waals surface area (Å²) in [7, 11) is 0. The average molecular weight is 498 g/mol. The first-order valence-electron chi connectivity index (χ1n) is 13.6. The number of rotatable bonds is 11. The minimum atomic E-state index is 0.136. The highest BCUT2D eigenvalue weighted by Crippen LogP contribution is 2.29. The zero-order valence-corrected chi connectivity index (χ0v) is 22.0. The Morgan fingerprint density at radius 1 is 0.757 bits per heavy atom. The molecule has 0 atom stereocenters. The number of benzene rings is 3. The topological polar surface area (TPSA) is 43.9 Å². The summed E-state index contributed by atoms with van der Waals surface area (Å²) < 4.78 is 0. The van der Waals surface area contributed by atoms with Crippen molar-refractivity contribution in [3.63, 3.8) is 0 Å². The van der Waals surface area contributed by atoms with E-state index in [1.807, 2.05) is 40.1 Å². The Balaban J connectivity index is 1.35. The van der Waals surface area contributed by atoms with Crippen molar-refractivity contribution in [2.45, 2.75) is 45.2 Å². The standard InChI is InChI=1S/C32H39N3O2/c1-2-3-19-30(36)35(26-27-13-7-4-8-14-27)21-20-31(37)33-22-24-34(25-23-33)32(28-15-9-5-10-16-28)29-17-11-6-12-18-29/h4-18,32H,2-3,19-26H2,1H3. The highest BCUT2D eigenvalue weighted by Gasteiger charge is 2.28. The lowest BCUT2D eigenvalue weighted by Crippen LogP contribution is -2.50. The molecule has 3 aromatic rings. The van der Waals surface area contributed by atoms with Gasteiger partial charge in [-0.3, -0.25) is 14.5 Å². The Hall–Kier alpha value is -3.44. The van der Waals surface area contributed by atoms with Crippen molar-refractivity contribution in [3.05, 3.63) is 108 Å².